The van der Waals surface area contributed by atoms with Crippen molar-refractivity contribution in [3.8, 4) is 5.69 Å². The van der Waals surface area contributed by atoms with Gasteiger partial charge in [0, 0.05) is 12.1 Å². The maximum absolute atomic E-state index is 12.1. The normalized spacial score (nSPS) is 10.6. The molecule has 0 N–H and O–H groups in total. The Balaban J connectivity index is 2.73. The van der Waals surface area contributed by atoms with Gasteiger partial charge in [0.2, 0.25) is 0 Å². The fourth-order valence-corrected chi connectivity index (χ4v) is 2.16. The summed E-state index contributed by atoms with van der Waals surface area (Å²) in [6.07, 6.45) is 1.76. The number of hydrogen-bond donors (Lipinski definition) is 0. The van der Waals surface area contributed by atoms with Crippen molar-refractivity contribution < 1.29 is 0 Å². The molecule has 1 aromatic carbocycles. The van der Waals surface area contributed by atoms with Gasteiger partial charge >= 0.3 is 11.4 Å². The first-order valence-corrected chi connectivity index (χ1v) is 6.65. The van der Waals surface area contributed by atoms with Gasteiger partial charge in [-0.25, -0.2) is 14.2 Å². The topological polar surface area (TPSA) is 56.9 Å². The van der Waals surface area contributed by atoms with Crippen molar-refractivity contribution in [2.75, 3.05) is 6.26 Å². The molecule has 0 saturated heterocycles. The van der Waals surface area contributed by atoms with Gasteiger partial charge in [-0.05, 0) is 30.5 Å². The third-order valence-corrected chi connectivity index (χ3v) is 3.40. The molecule has 5 nitrogen and oxygen atoms in total. The predicted octanol–water partition coefficient (Wildman–Crippen LogP) is 1.31. The lowest BCUT2D eigenvalue weighted by Crippen LogP contribution is -2.40. The smallest absolute Gasteiger partial charge is 0.275 e. The van der Waals surface area contributed by atoms with E-state index in [0.717, 1.165) is 4.57 Å². The van der Waals surface area contributed by atoms with Crippen molar-refractivity contribution in [1.82, 2.24) is 14.1 Å². The second-order valence-corrected chi connectivity index (χ2v) is 4.74. The van der Waals surface area contributed by atoms with Gasteiger partial charge < -0.3 is 0 Å². The van der Waals surface area contributed by atoms with E-state index in [1.54, 1.807) is 37.6 Å². The van der Waals surface area contributed by atoms with E-state index in [9.17, 15) is 9.59 Å². The van der Waals surface area contributed by atoms with E-state index < -0.39 is 11.4 Å². The van der Waals surface area contributed by atoms with E-state index in [0.29, 0.717) is 15.9 Å². The first-order valence-electron chi connectivity index (χ1n) is 5.04. The largest absolute Gasteiger partial charge is 0.358 e. The number of aromatic nitrogens is 3. The third-order valence-electron chi connectivity index (χ3n) is 2.42. The summed E-state index contributed by atoms with van der Waals surface area (Å²) in [5.41, 5.74) is -0.573. The van der Waals surface area contributed by atoms with Crippen molar-refractivity contribution in [2.45, 2.75) is 5.16 Å². The summed E-state index contributed by atoms with van der Waals surface area (Å²) >= 11 is 7.02. The van der Waals surface area contributed by atoms with Crippen LogP contribution in [0.1, 0.15) is 0 Å². The molecule has 94 valence electrons. The van der Waals surface area contributed by atoms with Gasteiger partial charge in [-0.3, -0.25) is 4.57 Å². The van der Waals surface area contributed by atoms with Gasteiger partial charge in [-0.1, -0.05) is 23.4 Å². The number of nitrogens with zero attached hydrogens (tertiary/aromatic N) is 3. The first-order chi connectivity index (χ1) is 8.54. The van der Waals surface area contributed by atoms with Crippen molar-refractivity contribution in [3.05, 3.63) is 50.3 Å². The lowest BCUT2D eigenvalue weighted by Gasteiger charge is -2.08. The van der Waals surface area contributed by atoms with Gasteiger partial charge in [0.1, 0.15) is 0 Å². The van der Waals surface area contributed by atoms with Crippen molar-refractivity contribution in [2.24, 2.45) is 7.05 Å². The highest BCUT2D eigenvalue weighted by Gasteiger charge is 2.10. The predicted molar refractivity (Wildman–Crippen MR) is 71.9 cm³/mol. The third kappa shape index (κ3) is 2.21. The summed E-state index contributed by atoms with van der Waals surface area (Å²) in [6.45, 7) is 0. The monoisotopic (exact) mass is 283 g/mol. The van der Waals surface area contributed by atoms with Crippen LogP contribution in [0, 0.1) is 0 Å². The Labute approximate surface area is 112 Å². The second-order valence-electron chi connectivity index (χ2n) is 3.53. The number of halogens is 1. The van der Waals surface area contributed by atoms with E-state index in [4.69, 9.17) is 11.6 Å². The van der Waals surface area contributed by atoms with Crippen LogP contribution in [0.25, 0.3) is 5.69 Å². The number of benzene rings is 1. The van der Waals surface area contributed by atoms with Crippen molar-refractivity contribution in [3.63, 3.8) is 0 Å². The summed E-state index contributed by atoms with van der Waals surface area (Å²) in [4.78, 5) is 27.8. The molecule has 0 saturated carbocycles. The number of rotatable bonds is 2. The molecule has 1 aromatic heterocycles. The summed E-state index contributed by atoms with van der Waals surface area (Å²) < 4.78 is 2.34. The second kappa shape index (κ2) is 4.99. The molecule has 0 aliphatic rings. The SMILES string of the molecule is CSc1nc(=O)n(-c2ccc(Cl)cc2)c(=O)n1C. The molecule has 0 atom stereocenters. The summed E-state index contributed by atoms with van der Waals surface area (Å²) in [5.74, 6) is 0. The Kier molecular flexibility index (Phi) is 3.58. The van der Waals surface area contributed by atoms with Crippen LogP contribution >= 0.6 is 23.4 Å². The fourth-order valence-electron chi connectivity index (χ4n) is 1.51. The van der Waals surface area contributed by atoms with Gasteiger partial charge in [0.25, 0.3) is 0 Å². The van der Waals surface area contributed by atoms with E-state index in [1.165, 1.54) is 16.3 Å². The molecule has 0 aliphatic heterocycles. The Morgan fingerprint density at radius 3 is 2.39 bits per heavy atom. The first kappa shape index (κ1) is 12.9. The number of thioether (sulfide) groups is 1. The van der Waals surface area contributed by atoms with Crippen molar-refractivity contribution in [1.29, 1.82) is 0 Å². The zero-order valence-electron chi connectivity index (χ0n) is 9.75. The summed E-state index contributed by atoms with van der Waals surface area (Å²) in [6, 6.07) is 6.44. The number of hydrogen-bond acceptors (Lipinski definition) is 4. The molecule has 7 heteroatoms. The van der Waals surface area contributed by atoms with Gasteiger partial charge in [-0.15, -0.1) is 0 Å². The highest BCUT2D eigenvalue weighted by molar-refractivity contribution is 7.98. The average molecular weight is 284 g/mol. The molecule has 0 radical (unpaired) electrons. The molecule has 0 bridgehead atoms. The Morgan fingerprint density at radius 2 is 1.83 bits per heavy atom. The summed E-state index contributed by atoms with van der Waals surface area (Å²) in [5, 5.41) is 0.924. The quantitative estimate of drug-likeness (QED) is 0.780. The highest BCUT2D eigenvalue weighted by atomic mass is 35.5. The molecule has 18 heavy (non-hydrogen) atoms. The summed E-state index contributed by atoms with van der Waals surface area (Å²) in [7, 11) is 1.58. The van der Waals surface area contributed by atoms with Crippen LogP contribution in [0.5, 0.6) is 0 Å². The molecule has 1 heterocycles. The van der Waals surface area contributed by atoms with Crippen LogP contribution in [-0.2, 0) is 7.05 Å². The zero-order valence-corrected chi connectivity index (χ0v) is 11.3. The highest BCUT2D eigenvalue weighted by Crippen LogP contribution is 2.11. The zero-order chi connectivity index (χ0) is 13.3. The Hall–Kier alpha value is -1.53. The minimum Gasteiger partial charge on any atom is -0.275 e. The van der Waals surface area contributed by atoms with Crippen LogP contribution in [0.2, 0.25) is 5.02 Å². The standard InChI is InChI=1S/C11H10ClN3O2S/c1-14-10(18-2)13-9(16)15(11(14)17)8-5-3-7(12)4-6-8/h3-6H,1-2H3. The molecule has 0 spiro atoms. The van der Waals surface area contributed by atoms with E-state index in [2.05, 4.69) is 4.98 Å². The van der Waals surface area contributed by atoms with Gasteiger partial charge in [0.15, 0.2) is 5.16 Å². The van der Waals surface area contributed by atoms with Crippen LogP contribution in [0.15, 0.2) is 39.0 Å². The average Bonchev–Trinajstić information content (AvgIpc) is 2.36. The van der Waals surface area contributed by atoms with Crippen LogP contribution in [-0.4, -0.2) is 20.4 Å². The van der Waals surface area contributed by atoms with Gasteiger partial charge in [-0.2, -0.15) is 4.98 Å². The molecule has 0 aliphatic carbocycles. The minimum absolute atomic E-state index is 0.384. The van der Waals surface area contributed by atoms with Crippen LogP contribution < -0.4 is 11.4 Å². The molecular formula is C11H10ClN3O2S. The lowest BCUT2D eigenvalue weighted by molar-refractivity contribution is 0.613. The van der Waals surface area contributed by atoms with E-state index >= 15 is 0 Å². The van der Waals surface area contributed by atoms with E-state index in [-0.39, 0.29) is 0 Å². The molecule has 2 rings (SSSR count). The Bertz CT molecular complexity index is 691. The van der Waals surface area contributed by atoms with E-state index in [1.807, 2.05) is 0 Å². The van der Waals surface area contributed by atoms with Crippen molar-refractivity contribution >= 4 is 23.4 Å². The molecule has 0 fully saturated rings. The van der Waals surface area contributed by atoms with Crippen LogP contribution in [0.3, 0.4) is 0 Å². The molecule has 2 aromatic rings. The molecule has 0 amide bonds. The Morgan fingerprint density at radius 1 is 1.22 bits per heavy atom. The van der Waals surface area contributed by atoms with Crippen LogP contribution in [0.4, 0.5) is 0 Å². The maximum atomic E-state index is 12.1. The maximum Gasteiger partial charge on any atom is 0.358 e. The fraction of sp³-hybridized carbons (Fsp3) is 0.182. The minimum atomic E-state index is -0.593. The molecule has 0 unspecified atom stereocenters. The van der Waals surface area contributed by atoms with Gasteiger partial charge in [0.05, 0.1) is 5.69 Å². The lowest BCUT2D eigenvalue weighted by atomic mass is 10.3. The molecular weight excluding hydrogens is 274 g/mol.